The van der Waals surface area contributed by atoms with Crippen molar-refractivity contribution in [3.8, 4) is 11.5 Å². The largest absolute Gasteiger partial charge is 0.497 e. The van der Waals surface area contributed by atoms with Gasteiger partial charge in [-0.05, 0) is 46.3 Å². The average molecular weight is 340 g/mol. The van der Waals surface area contributed by atoms with Crippen LogP contribution in [0.5, 0.6) is 11.5 Å². The number of nitrogens with two attached hydrogens (primary N) is 1. The summed E-state index contributed by atoms with van der Waals surface area (Å²) in [5.74, 6) is 1.67. The van der Waals surface area contributed by atoms with E-state index in [2.05, 4.69) is 22.0 Å². The Morgan fingerprint density at radius 2 is 2.21 bits per heavy atom. The first-order valence-corrected chi connectivity index (χ1v) is 7.63. The van der Waals surface area contributed by atoms with E-state index in [0.29, 0.717) is 0 Å². The third-order valence-electron chi connectivity index (χ3n) is 3.26. The van der Waals surface area contributed by atoms with E-state index >= 15 is 0 Å². The molecular weight excluding hydrogens is 326 g/mol. The van der Waals surface area contributed by atoms with Crippen molar-refractivity contribution in [2.45, 2.75) is 18.6 Å². The predicted molar refractivity (Wildman–Crippen MR) is 79.9 cm³/mol. The lowest BCUT2D eigenvalue weighted by Gasteiger charge is -2.30. The molecular formula is C14H14BrNO2S. The van der Waals surface area contributed by atoms with Crippen molar-refractivity contribution in [3.05, 3.63) is 44.6 Å². The zero-order valence-corrected chi connectivity index (χ0v) is 12.8. The smallest absolute Gasteiger partial charge is 0.135 e. The molecule has 2 N–H and O–H groups in total. The number of benzene rings is 1. The molecule has 0 spiro atoms. The van der Waals surface area contributed by atoms with Crippen molar-refractivity contribution < 1.29 is 9.47 Å². The summed E-state index contributed by atoms with van der Waals surface area (Å²) in [5, 5.41) is 0. The molecule has 100 valence electrons. The van der Waals surface area contributed by atoms with Gasteiger partial charge >= 0.3 is 0 Å². The van der Waals surface area contributed by atoms with Gasteiger partial charge in [0.05, 0.1) is 10.9 Å². The van der Waals surface area contributed by atoms with Gasteiger partial charge in [0.15, 0.2) is 0 Å². The maximum Gasteiger partial charge on any atom is 0.135 e. The molecule has 0 saturated carbocycles. The van der Waals surface area contributed by atoms with Gasteiger partial charge in [-0.15, -0.1) is 11.3 Å². The van der Waals surface area contributed by atoms with Gasteiger partial charge in [0.2, 0.25) is 0 Å². The molecule has 1 aromatic heterocycles. The van der Waals surface area contributed by atoms with Crippen LogP contribution >= 0.6 is 27.3 Å². The summed E-state index contributed by atoms with van der Waals surface area (Å²) in [6, 6.07) is 9.89. The van der Waals surface area contributed by atoms with E-state index in [0.717, 1.165) is 27.3 Å². The lowest BCUT2D eigenvalue weighted by atomic mass is 9.96. The van der Waals surface area contributed by atoms with Crippen molar-refractivity contribution in [2.75, 3.05) is 7.11 Å². The fourth-order valence-electron chi connectivity index (χ4n) is 2.29. The molecule has 1 aliphatic rings. The number of hydrogen-bond donors (Lipinski definition) is 1. The molecule has 0 saturated heterocycles. The highest BCUT2D eigenvalue weighted by Gasteiger charge is 2.28. The molecule has 0 bridgehead atoms. The van der Waals surface area contributed by atoms with Crippen molar-refractivity contribution in [3.63, 3.8) is 0 Å². The van der Waals surface area contributed by atoms with E-state index in [1.165, 1.54) is 4.88 Å². The summed E-state index contributed by atoms with van der Waals surface area (Å²) in [7, 11) is 1.66. The van der Waals surface area contributed by atoms with E-state index in [1.807, 2.05) is 24.3 Å². The Bertz CT molecular complexity index is 599. The normalized spacial score (nSPS) is 21.6. The van der Waals surface area contributed by atoms with Crippen LogP contribution < -0.4 is 15.2 Å². The molecule has 3 nitrogen and oxygen atoms in total. The Morgan fingerprint density at radius 1 is 1.37 bits per heavy atom. The topological polar surface area (TPSA) is 44.5 Å². The summed E-state index contributed by atoms with van der Waals surface area (Å²) in [6.45, 7) is 0. The number of thiophene rings is 1. The van der Waals surface area contributed by atoms with Crippen LogP contribution in [0.4, 0.5) is 0 Å². The van der Waals surface area contributed by atoms with Crippen LogP contribution in [0, 0.1) is 0 Å². The van der Waals surface area contributed by atoms with E-state index in [1.54, 1.807) is 18.4 Å². The second kappa shape index (κ2) is 5.15. The Hall–Kier alpha value is -1.04. The third kappa shape index (κ3) is 2.50. The van der Waals surface area contributed by atoms with E-state index in [-0.39, 0.29) is 12.1 Å². The predicted octanol–water partition coefficient (Wildman–Crippen LogP) is 4.04. The van der Waals surface area contributed by atoms with Gasteiger partial charge in [0.25, 0.3) is 0 Å². The first kappa shape index (κ1) is 13.0. The fraction of sp³-hybridized carbons (Fsp3) is 0.286. The number of halogens is 1. The molecule has 5 heteroatoms. The highest BCUT2D eigenvalue weighted by molar-refractivity contribution is 9.11. The number of hydrogen-bond acceptors (Lipinski definition) is 4. The minimum Gasteiger partial charge on any atom is -0.497 e. The Balaban J connectivity index is 1.92. The van der Waals surface area contributed by atoms with Crippen LogP contribution in [0.3, 0.4) is 0 Å². The molecule has 2 aromatic rings. The van der Waals surface area contributed by atoms with E-state index in [4.69, 9.17) is 15.2 Å². The van der Waals surface area contributed by atoms with Gasteiger partial charge in [0.1, 0.15) is 17.6 Å². The van der Waals surface area contributed by atoms with Crippen LogP contribution in [-0.4, -0.2) is 7.11 Å². The molecule has 1 aliphatic heterocycles. The minimum absolute atomic E-state index is 0.0234. The van der Waals surface area contributed by atoms with Gasteiger partial charge in [-0.2, -0.15) is 0 Å². The average Bonchev–Trinajstić information content (AvgIpc) is 2.85. The van der Waals surface area contributed by atoms with Gasteiger partial charge in [-0.1, -0.05) is 0 Å². The second-order valence-electron chi connectivity index (χ2n) is 4.49. The first-order valence-electron chi connectivity index (χ1n) is 6.03. The third-order valence-corrected chi connectivity index (χ3v) is 4.98. The maximum atomic E-state index is 6.26. The van der Waals surface area contributed by atoms with Gasteiger partial charge in [-0.25, -0.2) is 0 Å². The van der Waals surface area contributed by atoms with Crippen LogP contribution in [0.1, 0.15) is 29.0 Å². The Morgan fingerprint density at radius 3 is 2.89 bits per heavy atom. The number of fused-ring (bicyclic) bond motifs is 1. The summed E-state index contributed by atoms with van der Waals surface area (Å²) in [6.07, 6.45) is 0.819. The van der Waals surface area contributed by atoms with Crippen molar-refractivity contribution in [1.82, 2.24) is 0 Å². The van der Waals surface area contributed by atoms with Crippen molar-refractivity contribution in [1.29, 1.82) is 0 Å². The molecule has 19 heavy (non-hydrogen) atoms. The fourth-order valence-corrected chi connectivity index (χ4v) is 3.75. The van der Waals surface area contributed by atoms with Crippen LogP contribution in [0.15, 0.2) is 34.1 Å². The molecule has 2 atom stereocenters. The SMILES string of the molecule is COc1ccc2c(c1)[C@H](N)CC(c1ccc(Br)s1)O2. The molecule has 0 radical (unpaired) electrons. The van der Waals surface area contributed by atoms with Crippen molar-refractivity contribution >= 4 is 27.3 Å². The lowest BCUT2D eigenvalue weighted by molar-refractivity contribution is 0.164. The van der Waals surface area contributed by atoms with Crippen LogP contribution in [-0.2, 0) is 0 Å². The zero-order chi connectivity index (χ0) is 13.4. The molecule has 1 aromatic carbocycles. The lowest BCUT2D eigenvalue weighted by Crippen LogP contribution is -2.23. The summed E-state index contributed by atoms with van der Waals surface area (Å²) in [4.78, 5) is 1.20. The highest BCUT2D eigenvalue weighted by Crippen LogP contribution is 2.43. The number of methoxy groups -OCH3 is 1. The maximum absolute atomic E-state index is 6.26. The van der Waals surface area contributed by atoms with Crippen LogP contribution in [0.25, 0.3) is 0 Å². The molecule has 3 rings (SSSR count). The molecule has 1 unspecified atom stereocenters. The Kier molecular flexibility index (Phi) is 3.52. The molecule has 0 fully saturated rings. The van der Waals surface area contributed by atoms with Gasteiger partial charge < -0.3 is 15.2 Å². The Labute approximate surface area is 124 Å². The van der Waals surface area contributed by atoms with E-state index < -0.39 is 0 Å². The summed E-state index contributed by atoms with van der Waals surface area (Å²) < 4.78 is 12.4. The standard InChI is InChI=1S/C14H14BrNO2S/c1-17-8-2-3-11-9(6-8)10(16)7-12(18-11)13-4-5-14(15)19-13/h2-6,10,12H,7,16H2,1H3/t10-,12?/m1/s1. The molecule has 2 heterocycles. The quantitative estimate of drug-likeness (QED) is 0.897. The summed E-state index contributed by atoms with van der Waals surface area (Å²) in [5.41, 5.74) is 7.28. The number of ether oxygens (including phenoxy) is 2. The first-order chi connectivity index (χ1) is 9.17. The van der Waals surface area contributed by atoms with Crippen LogP contribution in [0.2, 0.25) is 0 Å². The summed E-state index contributed by atoms with van der Waals surface area (Å²) >= 11 is 5.17. The second-order valence-corrected chi connectivity index (χ2v) is 6.99. The van der Waals surface area contributed by atoms with Gasteiger partial charge in [-0.3, -0.25) is 0 Å². The zero-order valence-electron chi connectivity index (χ0n) is 10.4. The van der Waals surface area contributed by atoms with E-state index in [9.17, 15) is 0 Å². The monoisotopic (exact) mass is 339 g/mol. The highest BCUT2D eigenvalue weighted by atomic mass is 79.9. The number of rotatable bonds is 2. The van der Waals surface area contributed by atoms with Gasteiger partial charge in [0, 0.05) is 22.9 Å². The van der Waals surface area contributed by atoms with Crippen molar-refractivity contribution in [2.24, 2.45) is 5.73 Å². The minimum atomic E-state index is -0.0234. The molecule has 0 aliphatic carbocycles. The molecule has 0 amide bonds.